The summed E-state index contributed by atoms with van der Waals surface area (Å²) in [4.78, 5) is 0. The molecule has 0 aliphatic carbocycles. The number of hydrogen-bond acceptors (Lipinski definition) is 4. The lowest BCUT2D eigenvalue weighted by Gasteiger charge is -2.12. The molecule has 0 spiro atoms. The maximum Gasteiger partial charge on any atom is 0.0858 e. The predicted octanol–water partition coefficient (Wildman–Crippen LogP) is 13.2. The Hall–Kier alpha value is -0.160. The van der Waals surface area contributed by atoms with Gasteiger partial charge in [-0.05, 0) is 60.2 Å². The van der Waals surface area contributed by atoms with Crippen LogP contribution in [0.1, 0.15) is 180 Å². The molecule has 268 valence electrons. The van der Waals surface area contributed by atoms with Gasteiger partial charge in [0.05, 0.1) is 12.7 Å². The van der Waals surface area contributed by atoms with Crippen molar-refractivity contribution in [2.24, 2.45) is 21.7 Å². The smallest absolute Gasteiger partial charge is 0.0858 e. The van der Waals surface area contributed by atoms with Crippen LogP contribution in [0.25, 0.3) is 0 Å². The molecule has 4 nitrogen and oxygen atoms in total. The molecular weight excluding hydrogens is 520 g/mol. The number of rotatable bonds is 0. The molecule has 4 aliphatic heterocycles. The molecule has 1 unspecified atom stereocenters. The molecule has 0 amide bonds. The second-order valence-electron chi connectivity index (χ2n) is 16.1. The van der Waals surface area contributed by atoms with Gasteiger partial charge >= 0.3 is 0 Å². The average Bonchev–Trinajstić information content (AvgIpc) is 3.32. The van der Waals surface area contributed by atoms with Crippen LogP contribution in [-0.4, -0.2) is 52.4 Å². The van der Waals surface area contributed by atoms with E-state index >= 15 is 0 Å². The van der Waals surface area contributed by atoms with Gasteiger partial charge < -0.3 is 18.9 Å². The first-order valence-electron chi connectivity index (χ1n) is 15.0. The Kier molecular flexibility index (Phi) is 48.9. The van der Waals surface area contributed by atoms with Gasteiger partial charge in [0.2, 0.25) is 0 Å². The maximum atomic E-state index is 5.07. The van der Waals surface area contributed by atoms with E-state index in [0.717, 1.165) is 46.2 Å². The van der Waals surface area contributed by atoms with Gasteiger partial charge in [-0.25, -0.2) is 0 Å². The van der Waals surface area contributed by atoms with Crippen molar-refractivity contribution in [1.29, 1.82) is 0 Å². The largest absolute Gasteiger partial charge is 0.381 e. The lowest BCUT2D eigenvalue weighted by molar-refractivity contribution is 0.0367. The van der Waals surface area contributed by atoms with Gasteiger partial charge in [0.25, 0.3) is 0 Å². The molecule has 0 radical (unpaired) electrons. The van der Waals surface area contributed by atoms with E-state index in [2.05, 4.69) is 104 Å². The third-order valence-electron chi connectivity index (χ3n) is 3.78. The molecular formula is C38H92O4. The zero-order valence-corrected chi connectivity index (χ0v) is 28.4. The summed E-state index contributed by atoms with van der Waals surface area (Å²) < 4.78 is 19.8. The van der Waals surface area contributed by atoms with E-state index in [-0.39, 0.29) is 37.1 Å². The van der Waals surface area contributed by atoms with Crippen molar-refractivity contribution in [1.82, 2.24) is 0 Å². The summed E-state index contributed by atoms with van der Waals surface area (Å²) >= 11 is 0. The lowest BCUT2D eigenvalue weighted by Crippen LogP contribution is -2.12. The fourth-order valence-electron chi connectivity index (χ4n) is 1.89. The van der Waals surface area contributed by atoms with Crippen molar-refractivity contribution >= 4 is 0 Å². The molecule has 4 aliphatic rings. The molecule has 0 bridgehead atoms. The highest BCUT2D eigenvalue weighted by molar-refractivity contribution is 4.82. The van der Waals surface area contributed by atoms with E-state index in [1.54, 1.807) is 0 Å². The molecule has 0 aromatic carbocycles. The number of epoxide rings is 1. The van der Waals surface area contributed by atoms with E-state index in [1.807, 2.05) is 0 Å². The van der Waals surface area contributed by atoms with E-state index in [0.29, 0.717) is 27.8 Å². The SMILES string of the molecule is C.C.C.C.C.C1CCOC1.C1CCOCC1.C1COC1.CC(C)(C)C.CC(C)(C)C.CC(C)(C)C.CC(C)(C)C1CO1. The summed E-state index contributed by atoms with van der Waals surface area (Å²) in [7, 11) is 0. The summed E-state index contributed by atoms with van der Waals surface area (Å²) in [6.07, 6.45) is 8.31. The lowest BCUT2D eigenvalue weighted by atomic mass is 9.93. The molecule has 0 aromatic heterocycles. The van der Waals surface area contributed by atoms with Crippen LogP contribution < -0.4 is 0 Å². The van der Waals surface area contributed by atoms with Crippen molar-refractivity contribution in [3.8, 4) is 0 Å². The molecule has 0 N–H and O–H groups in total. The molecule has 4 rings (SSSR count). The third-order valence-corrected chi connectivity index (χ3v) is 3.78. The minimum absolute atomic E-state index is 0. The highest BCUT2D eigenvalue weighted by Crippen LogP contribution is 2.30. The molecule has 4 fully saturated rings. The number of ether oxygens (including phenoxy) is 4. The second-order valence-corrected chi connectivity index (χ2v) is 16.1. The van der Waals surface area contributed by atoms with Crippen LogP contribution in [0.3, 0.4) is 0 Å². The van der Waals surface area contributed by atoms with E-state index in [4.69, 9.17) is 18.9 Å². The highest BCUT2D eigenvalue weighted by atomic mass is 16.6. The number of hydrogen-bond donors (Lipinski definition) is 0. The molecule has 42 heavy (non-hydrogen) atoms. The van der Waals surface area contributed by atoms with Crippen molar-refractivity contribution < 1.29 is 18.9 Å². The summed E-state index contributed by atoms with van der Waals surface area (Å²) in [5.41, 5.74) is 1.89. The highest BCUT2D eigenvalue weighted by Gasteiger charge is 2.35. The van der Waals surface area contributed by atoms with Crippen molar-refractivity contribution in [3.05, 3.63) is 0 Å². The first-order chi connectivity index (χ1) is 16.6. The first kappa shape index (κ1) is 60.9. The van der Waals surface area contributed by atoms with Crippen molar-refractivity contribution in [2.75, 3.05) is 46.2 Å². The van der Waals surface area contributed by atoms with E-state index in [9.17, 15) is 0 Å². The van der Waals surface area contributed by atoms with Gasteiger partial charge in [0.15, 0.2) is 0 Å². The van der Waals surface area contributed by atoms with Crippen LogP contribution >= 0.6 is 0 Å². The Bertz CT molecular complexity index is 376. The van der Waals surface area contributed by atoms with Crippen LogP contribution in [-0.2, 0) is 18.9 Å². The Labute approximate surface area is 272 Å². The zero-order chi connectivity index (χ0) is 29.6. The van der Waals surface area contributed by atoms with Crippen LogP contribution in [0, 0.1) is 21.7 Å². The van der Waals surface area contributed by atoms with Crippen molar-refractivity contribution in [3.63, 3.8) is 0 Å². The van der Waals surface area contributed by atoms with Crippen LogP contribution in [0.4, 0.5) is 0 Å². The van der Waals surface area contributed by atoms with Gasteiger partial charge in [-0.2, -0.15) is 0 Å². The van der Waals surface area contributed by atoms with Crippen LogP contribution in [0.15, 0.2) is 0 Å². The Morgan fingerprint density at radius 3 is 0.595 bits per heavy atom. The van der Waals surface area contributed by atoms with Gasteiger partial charge in [-0.15, -0.1) is 0 Å². The Morgan fingerprint density at radius 1 is 0.357 bits per heavy atom. The van der Waals surface area contributed by atoms with Crippen LogP contribution in [0.2, 0.25) is 0 Å². The maximum absolute atomic E-state index is 5.07. The standard InChI is InChI=1S/C6H12O.C5H10O.3C5H12.C4H8O.C3H6O.5CH4/c1-6(2,3)5-4-7-5;1-2-4-6-5-3-1;3*1-5(2,3)4;1-2-4-5-3-1;1-2-4-3-1;;;;;/h5H,4H2,1-3H3;1-5H2;3*1-4H3;1-4H2;1-3H2;5*1H4. The molecule has 4 heteroatoms. The predicted molar refractivity (Wildman–Crippen MR) is 198 cm³/mol. The summed E-state index contributed by atoms with van der Waals surface area (Å²) in [5, 5.41) is 0. The van der Waals surface area contributed by atoms with Gasteiger partial charge in [-0.1, -0.05) is 141 Å². The van der Waals surface area contributed by atoms with E-state index in [1.165, 1.54) is 38.5 Å². The quantitative estimate of drug-likeness (QED) is 0.255. The second kappa shape index (κ2) is 33.7. The molecule has 0 saturated carbocycles. The van der Waals surface area contributed by atoms with Gasteiger partial charge in [0, 0.05) is 39.6 Å². The minimum atomic E-state index is 0. The molecule has 1 atom stereocenters. The summed E-state index contributed by atoms with van der Waals surface area (Å²) in [6, 6.07) is 0. The fraction of sp³-hybridized carbons (Fsp3) is 1.00. The summed E-state index contributed by atoms with van der Waals surface area (Å²) in [5.74, 6) is 0. The van der Waals surface area contributed by atoms with E-state index < -0.39 is 0 Å². The first-order valence-corrected chi connectivity index (χ1v) is 15.0. The molecule has 0 aromatic rings. The monoisotopic (exact) mass is 613 g/mol. The van der Waals surface area contributed by atoms with Gasteiger partial charge in [-0.3, -0.25) is 0 Å². The van der Waals surface area contributed by atoms with Crippen LogP contribution in [0.5, 0.6) is 0 Å². The molecule has 4 saturated heterocycles. The van der Waals surface area contributed by atoms with Crippen molar-refractivity contribution in [2.45, 2.75) is 186 Å². The normalized spacial score (nSPS) is 17.9. The Morgan fingerprint density at radius 2 is 0.548 bits per heavy atom. The topological polar surface area (TPSA) is 40.2 Å². The zero-order valence-electron chi connectivity index (χ0n) is 28.4. The minimum Gasteiger partial charge on any atom is -0.381 e. The Balaban J connectivity index is -0.0000000528. The fourth-order valence-corrected chi connectivity index (χ4v) is 1.89. The van der Waals surface area contributed by atoms with Gasteiger partial charge in [0.1, 0.15) is 0 Å². The average molecular weight is 613 g/mol. The molecule has 4 heterocycles. The third kappa shape index (κ3) is 106. The summed E-state index contributed by atoms with van der Waals surface area (Å²) in [6.45, 7) is 39.8.